The number of hydrogen-bond donors (Lipinski definition) is 1. The molecule has 178 valence electrons. The van der Waals surface area contributed by atoms with E-state index in [2.05, 4.69) is 22.3 Å². The normalized spacial score (nSPS) is 17.6. The average molecular weight is 470 g/mol. The molecule has 0 aliphatic carbocycles. The van der Waals surface area contributed by atoms with Crippen LogP contribution in [0.3, 0.4) is 0 Å². The summed E-state index contributed by atoms with van der Waals surface area (Å²) in [5.41, 5.74) is 2.39. The van der Waals surface area contributed by atoms with Crippen LogP contribution in [-0.4, -0.2) is 51.4 Å². The number of rotatable bonds is 8. The van der Waals surface area contributed by atoms with Crippen molar-refractivity contribution >= 4 is 21.6 Å². The molecule has 2 saturated heterocycles. The Hall–Kier alpha value is -2.38. The third-order valence-corrected chi connectivity index (χ3v) is 8.55. The molecule has 2 aromatic carbocycles. The molecule has 0 bridgehead atoms. The van der Waals surface area contributed by atoms with Gasteiger partial charge in [0.25, 0.3) is 5.91 Å². The number of anilines is 1. The molecule has 0 aromatic heterocycles. The van der Waals surface area contributed by atoms with Gasteiger partial charge < -0.3 is 10.2 Å². The number of carbonyl (C=O) groups excluding carboxylic acids is 1. The Morgan fingerprint density at radius 3 is 2.21 bits per heavy atom. The Morgan fingerprint density at radius 2 is 1.52 bits per heavy atom. The molecule has 4 rings (SSSR count). The number of carbonyl (C=O) groups is 1. The first-order chi connectivity index (χ1) is 16.1. The van der Waals surface area contributed by atoms with Crippen molar-refractivity contribution in [3.8, 4) is 0 Å². The quantitative estimate of drug-likeness (QED) is 0.588. The standard InChI is InChI=1S/C26H35N3O3S/c30-26(27-16-10-13-22-11-4-1-5-12-22)23-14-15-24(28-17-6-2-7-18-28)25(21-23)33(31,32)29-19-8-3-9-20-29/h1,4-5,11-12,14-15,21H,2-3,6-10,13,16-20H2,(H,27,30). The highest BCUT2D eigenvalue weighted by Gasteiger charge is 2.31. The van der Waals surface area contributed by atoms with Gasteiger partial charge in [-0.25, -0.2) is 8.42 Å². The smallest absolute Gasteiger partial charge is 0.251 e. The zero-order valence-electron chi connectivity index (χ0n) is 19.3. The minimum Gasteiger partial charge on any atom is -0.370 e. The van der Waals surface area contributed by atoms with Crippen LogP contribution in [0.1, 0.15) is 60.9 Å². The molecule has 1 amide bonds. The minimum absolute atomic E-state index is 0.219. The number of nitrogens with zero attached hydrogens (tertiary/aromatic N) is 2. The van der Waals surface area contributed by atoms with Gasteiger partial charge in [-0.1, -0.05) is 36.8 Å². The molecule has 2 aliphatic heterocycles. The van der Waals surface area contributed by atoms with Gasteiger partial charge >= 0.3 is 0 Å². The van der Waals surface area contributed by atoms with Crippen LogP contribution in [0.2, 0.25) is 0 Å². The van der Waals surface area contributed by atoms with Gasteiger partial charge in [-0.15, -0.1) is 0 Å². The van der Waals surface area contributed by atoms with Crippen molar-refractivity contribution in [1.82, 2.24) is 9.62 Å². The Bertz CT molecular complexity index is 1030. The van der Waals surface area contributed by atoms with Crippen LogP contribution >= 0.6 is 0 Å². The predicted molar refractivity (Wildman–Crippen MR) is 132 cm³/mol. The van der Waals surface area contributed by atoms with E-state index in [4.69, 9.17) is 0 Å². The Balaban J connectivity index is 1.51. The minimum atomic E-state index is -3.65. The number of amides is 1. The maximum absolute atomic E-state index is 13.6. The molecular formula is C26H35N3O3S. The summed E-state index contributed by atoms with van der Waals surface area (Å²) in [6, 6.07) is 15.4. The Kier molecular flexibility index (Phi) is 8.04. The summed E-state index contributed by atoms with van der Waals surface area (Å²) in [6.45, 7) is 3.37. The van der Waals surface area contributed by atoms with Crippen molar-refractivity contribution in [2.45, 2.75) is 56.3 Å². The summed E-state index contributed by atoms with van der Waals surface area (Å²) < 4.78 is 28.8. The predicted octanol–water partition coefficient (Wildman–Crippen LogP) is 4.21. The molecule has 33 heavy (non-hydrogen) atoms. The van der Waals surface area contributed by atoms with Gasteiger partial charge in [-0.05, 0) is 68.7 Å². The number of hydrogen-bond acceptors (Lipinski definition) is 4. The van der Waals surface area contributed by atoms with E-state index in [-0.39, 0.29) is 10.8 Å². The van der Waals surface area contributed by atoms with E-state index < -0.39 is 10.0 Å². The third-order valence-electron chi connectivity index (χ3n) is 6.62. The van der Waals surface area contributed by atoms with Crippen LogP contribution in [0.5, 0.6) is 0 Å². The van der Waals surface area contributed by atoms with Gasteiger partial charge in [-0.2, -0.15) is 4.31 Å². The lowest BCUT2D eigenvalue weighted by Crippen LogP contribution is -2.38. The molecule has 0 atom stereocenters. The second-order valence-corrected chi connectivity index (χ2v) is 10.9. The highest BCUT2D eigenvalue weighted by Crippen LogP contribution is 2.32. The van der Waals surface area contributed by atoms with E-state index in [1.165, 1.54) is 12.0 Å². The number of piperidine rings is 2. The first-order valence-corrected chi connectivity index (χ1v) is 13.7. The lowest BCUT2D eigenvalue weighted by atomic mass is 10.1. The van der Waals surface area contributed by atoms with Crippen molar-refractivity contribution in [3.05, 3.63) is 59.7 Å². The second kappa shape index (κ2) is 11.2. The molecular weight excluding hydrogens is 434 g/mol. The SMILES string of the molecule is O=C(NCCCc1ccccc1)c1ccc(N2CCCCC2)c(S(=O)(=O)N2CCCCC2)c1. The molecule has 2 aromatic rings. The zero-order valence-corrected chi connectivity index (χ0v) is 20.2. The highest BCUT2D eigenvalue weighted by atomic mass is 32.2. The summed E-state index contributed by atoms with van der Waals surface area (Å²) in [4.78, 5) is 15.3. The Morgan fingerprint density at radius 1 is 0.848 bits per heavy atom. The topological polar surface area (TPSA) is 69.7 Å². The van der Waals surface area contributed by atoms with Gasteiger partial charge in [0.15, 0.2) is 0 Å². The van der Waals surface area contributed by atoms with Crippen LogP contribution in [0.4, 0.5) is 5.69 Å². The van der Waals surface area contributed by atoms with E-state index in [1.54, 1.807) is 16.4 Å². The van der Waals surface area contributed by atoms with Crippen molar-refractivity contribution in [1.29, 1.82) is 0 Å². The number of aryl methyl sites for hydroxylation is 1. The van der Waals surface area contributed by atoms with E-state index in [0.717, 1.165) is 63.7 Å². The van der Waals surface area contributed by atoms with Crippen LogP contribution < -0.4 is 10.2 Å². The maximum atomic E-state index is 13.6. The fourth-order valence-electron chi connectivity index (χ4n) is 4.74. The van der Waals surface area contributed by atoms with E-state index in [9.17, 15) is 13.2 Å². The summed E-state index contributed by atoms with van der Waals surface area (Å²) in [6.07, 6.45) is 7.87. The van der Waals surface area contributed by atoms with Crippen LogP contribution in [0, 0.1) is 0 Å². The molecule has 7 heteroatoms. The van der Waals surface area contributed by atoms with Crippen molar-refractivity contribution < 1.29 is 13.2 Å². The van der Waals surface area contributed by atoms with E-state index in [0.29, 0.717) is 25.2 Å². The van der Waals surface area contributed by atoms with Gasteiger partial charge in [-0.3, -0.25) is 4.79 Å². The fourth-order valence-corrected chi connectivity index (χ4v) is 6.50. The van der Waals surface area contributed by atoms with Gasteiger partial charge in [0.05, 0.1) is 5.69 Å². The van der Waals surface area contributed by atoms with Crippen molar-refractivity contribution in [2.75, 3.05) is 37.6 Å². The summed E-state index contributed by atoms with van der Waals surface area (Å²) in [5.74, 6) is -0.219. The van der Waals surface area contributed by atoms with Crippen molar-refractivity contribution in [2.24, 2.45) is 0 Å². The lowest BCUT2D eigenvalue weighted by Gasteiger charge is -2.33. The highest BCUT2D eigenvalue weighted by molar-refractivity contribution is 7.89. The molecule has 1 N–H and O–H groups in total. The second-order valence-electron chi connectivity index (χ2n) is 9.04. The van der Waals surface area contributed by atoms with Crippen LogP contribution in [0.15, 0.2) is 53.4 Å². The summed E-state index contributed by atoms with van der Waals surface area (Å²) >= 11 is 0. The van der Waals surface area contributed by atoms with Gasteiger partial charge in [0.2, 0.25) is 10.0 Å². The van der Waals surface area contributed by atoms with Crippen LogP contribution in [0.25, 0.3) is 0 Å². The molecule has 2 fully saturated rings. The monoisotopic (exact) mass is 469 g/mol. The zero-order chi connectivity index (χ0) is 23.1. The molecule has 0 saturated carbocycles. The molecule has 2 aliphatic rings. The van der Waals surface area contributed by atoms with Gasteiger partial charge in [0.1, 0.15) is 4.90 Å². The number of sulfonamides is 1. The molecule has 6 nitrogen and oxygen atoms in total. The molecule has 0 radical (unpaired) electrons. The first kappa shape index (κ1) is 23.8. The largest absolute Gasteiger partial charge is 0.370 e. The van der Waals surface area contributed by atoms with E-state index in [1.807, 2.05) is 24.3 Å². The molecule has 0 unspecified atom stereocenters. The van der Waals surface area contributed by atoms with Gasteiger partial charge in [0, 0.05) is 38.3 Å². The molecule has 2 heterocycles. The summed E-state index contributed by atoms with van der Waals surface area (Å²) in [7, 11) is -3.65. The molecule has 0 spiro atoms. The number of benzene rings is 2. The first-order valence-electron chi connectivity index (χ1n) is 12.3. The number of nitrogens with one attached hydrogen (secondary N) is 1. The Labute approximate surface area is 198 Å². The maximum Gasteiger partial charge on any atom is 0.251 e. The van der Waals surface area contributed by atoms with E-state index >= 15 is 0 Å². The third kappa shape index (κ3) is 5.95. The van der Waals surface area contributed by atoms with Crippen LogP contribution in [-0.2, 0) is 16.4 Å². The van der Waals surface area contributed by atoms with Crippen molar-refractivity contribution in [3.63, 3.8) is 0 Å². The lowest BCUT2D eigenvalue weighted by molar-refractivity contribution is 0.0953. The summed E-state index contributed by atoms with van der Waals surface area (Å²) in [5, 5.41) is 2.97. The average Bonchev–Trinajstić information content (AvgIpc) is 2.88. The fraction of sp³-hybridized carbons (Fsp3) is 0.500.